The number of carbonyl (C=O) groups is 2. The van der Waals surface area contributed by atoms with Crippen molar-refractivity contribution in [3.05, 3.63) is 35.9 Å². The fraction of sp³-hybridized carbons (Fsp3) is 0.500. The van der Waals surface area contributed by atoms with Crippen LogP contribution in [0.4, 0.5) is 0 Å². The minimum atomic E-state index is -3.35. The second-order valence-corrected chi connectivity index (χ2v) is 4.88. The number of aliphatic hydroxyl groups is 1. The number of aliphatic carboxylic acids is 1. The minimum Gasteiger partial charge on any atom is -0.480 e. The third-order valence-electron chi connectivity index (χ3n) is 3.01. The average molecular weight is 315 g/mol. The van der Waals surface area contributed by atoms with Crippen LogP contribution < -0.4 is 11.1 Å². The van der Waals surface area contributed by atoms with Gasteiger partial charge >= 0.3 is 5.97 Å². The van der Waals surface area contributed by atoms with E-state index in [0.717, 1.165) is 5.56 Å². The van der Waals surface area contributed by atoms with E-state index < -0.39 is 56.1 Å². The Morgan fingerprint density at radius 2 is 2.00 bits per heavy atom. The fourth-order valence-corrected chi connectivity index (χ4v) is 1.85. The molecule has 122 valence electrons. The van der Waals surface area contributed by atoms with Crippen LogP contribution in [0.1, 0.15) is 35.3 Å². The van der Waals surface area contributed by atoms with E-state index in [2.05, 4.69) is 0 Å². The van der Waals surface area contributed by atoms with Crippen molar-refractivity contribution in [1.82, 2.24) is 5.32 Å². The summed E-state index contributed by atoms with van der Waals surface area (Å²) in [6, 6.07) is 5.52. The lowest BCUT2D eigenvalue weighted by atomic mass is 10.00. The van der Waals surface area contributed by atoms with Crippen molar-refractivity contribution in [2.24, 2.45) is 11.6 Å². The van der Waals surface area contributed by atoms with Gasteiger partial charge in [-0.1, -0.05) is 44.0 Å². The number of carboxylic acid groups (broad SMARTS) is 1. The predicted octanol–water partition coefficient (Wildman–Crippen LogP) is 0.533. The summed E-state index contributed by atoms with van der Waals surface area (Å²) >= 11 is 0. The molecule has 0 aliphatic rings. The van der Waals surface area contributed by atoms with Gasteiger partial charge in [0, 0.05) is 15.6 Å². The molecule has 3 atom stereocenters. The Labute approximate surface area is 140 Å². The van der Waals surface area contributed by atoms with Gasteiger partial charge in [-0.05, 0) is 24.3 Å². The summed E-state index contributed by atoms with van der Waals surface area (Å²) in [5, 5.41) is 21.3. The number of aliphatic hydroxyl groups excluding tert-OH is 1. The van der Waals surface area contributed by atoms with Crippen molar-refractivity contribution < 1.29 is 29.4 Å². The van der Waals surface area contributed by atoms with Gasteiger partial charge in [-0.15, -0.1) is 0 Å². The lowest BCUT2D eigenvalue weighted by Crippen LogP contribution is -2.52. The summed E-state index contributed by atoms with van der Waals surface area (Å²) in [5.74, 6) is -6.10. The van der Waals surface area contributed by atoms with E-state index in [1.54, 1.807) is 30.3 Å². The third kappa shape index (κ3) is 5.83. The first-order valence-corrected chi connectivity index (χ1v) is 6.61. The van der Waals surface area contributed by atoms with E-state index in [-0.39, 0.29) is 6.42 Å². The number of amides is 1. The second-order valence-electron chi connectivity index (χ2n) is 4.88. The number of benzene rings is 1. The van der Waals surface area contributed by atoms with E-state index in [0.29, 0.717) is 0 Å². The van der Waals surface area contributed by atoms with Gasteiger partial charge in [-0.3, -0.25) is 4.79 Å². The van der Waals surface area contributed by atoms with E-state index in [9.17, 15) is 19.8 Å². The van der Waals surface area contributed by atoms with Crippen LogP contribution in [0.2, 0.25) is 0 Å². The molecule has 6 heteroatoms. The highest BCUT2D eigenvalue weighted by molar-refractivity contribution is 5.86. The molecule has 0 aromatic heterocycles. The van der Waals surface area contributed by atoms with Crippen molar-refractivity contribution in [3.8, 4) is 0 Å². The van der Waals surface area contributed by atoms with Crippen molar-refractivity contribution in [2.75, 3.05) is 0 Å². The summed E-state index contributed by atoms with van der Waals surface area (Å²) in [6.45, 7) is -6.70. The smallest absolute Gasteiger partial charge is 0.326 e. The lowest BCUT2D eigenvalue weighted by molar-refractivity contribution is -0.144. The first-order valence-electron chi connectivity index (χ1n) is 10.1. The Bertz CT molecular complexity index is 695. The number of nitrogens with one attached hydrogen (secondary N) is 1. The highest BCUT2D eigenvalue weighted by Crippen LogP contribution is 2.08. The largest absolute Gasteiger partial charge is 0.480 e. The lowest BCUT2D eigenvalue weighted by Gasteiger charge is -2.22. The number of hydrogen-bond donors (Lipinski definition) is 4. The van der Waals surface area contributed by atoms with E-state index in [1.165, 1.54) is 0 Å². The number of rotatable bonds is 8. The van der Waals surface area contributed by atoms with Gasteiger partial charge < -0.3 is 21.3 Å². The highest BCUT2D eigenvalue weighted by Gasteiger charge is 2.28. The molecule has 0 radical (unpaired) electrons. The molecule has 0 spiro atoms. The van der Waals surface area contributed by atoms with Gasteiger partial charge in [-0.25, -0.2) is 4.79 Å². The molecule has 6 nitrogen and oxygen atoms in total. The van der Waals surface area contributed by atoms with Crippen molar-refractivity contribution in [2.45, 2.75) is 44.7 Å². The molecule has 1 aromatic carbocycles. The van der Waals surface area contributed by atoms with E-state index >= 15 is 0 Å². The molecule has 1 aromatic rings. The Hall–Kier alpha value is -1.92. The Kier molecular flexibility index (Phi) is 3.85. The molecule has 1 rings (SSSR count). The number of hydrogen-bond acceptors (Lipinski definition) is 4. The number of carbonyl (C=O) groups excluding carboxylic acids is 1. The molecule has 0 aliphatic carbocycles. The molecule has 0 bridgehead atoms. The van der Waals surface area contributed by atoms with E-state index in [1.807, 2.05) is 5.32 Å². The van der Waals surface area contributed by atoms with Crippen molar-refractivity contribution >= 4 is 11.9 Å². The summed E-state index contributed by atoms with van der Waals surface area (Å²) < 4.78 is 52.0. The Balaban J connectivity index is 2.95. The van der Waals surface area contributed by atoms with Gasteiger partial charge in [0.15, 0.2) is 0 Å². The molecule has 0 fully saturated rings. The first kappa shape index (κ1) is 9.97. The van der Waals surface area contributed by atoms with Crippen LogP contribution in [-0.2, 0) is 16.0 Å². The van der Waals surface area contributed by atoms with Gasteiger partial charge in [0.2, 0.25) is 0 Å². The van der Waals surface area contributed by atoms with Gasteiger partial charge in [-0.2, -0.15) is 0 Å². The molecule has 22 heavy (non-hydrogen) atoms. The van der Waals surface area contributed by atoms with Gasteiger partial charge in [0.25, 0.3) is 5.91 Å². The molecular weight excluding hydrogens is 284 g/mol. The maximum Gasteiger partial charge on any atom is 0.326 e. The van der Waals surface area contributed by atoms with Crippen LogP contribution in [0.5, 0.6) is 0 Å². The molecule has 0 saturated heterocycles. The summed E-state index contributed by atoms with van der Waals surface area (Å²) in [6.07, 6.45) is -2.96. The number of carboxylic acids is 1. The molecule has 0 saturated carbocycles. The summed E-state index contributed by atoms with van der Waals surface area (Å²) in [5.41, 5.74) is 6.51. The third-order valence-corrected chi connectivity index (χ3v) is 3.01. The fourth-order valence-electron chi connectivity index (χ4n) is 1.85. The first-order chi connectivity index (χ1) is 13.1. The van der Waals surface area contributed by atoms with Crippen LogP contribution >= 0.6 is 0 Å². The standard InChI is InChI=1S/C16H24N2O4/c1-10(2)8-13(16(21)22)18-15(20)14(19)12(17)9-11-6-4-3-5-7-11/h3-7,10,12-14,19H,8-9,17H2,1-2H3,(H,18,20)(H,21,22)/t12-,13+,14+/m1/s1/i1D3,2D3,10D. The van der Waals surface area contributed by atoms with Crippen LogP contribution in [0.15, 0.2) is 30.3 Å². The Morgan fingerprint density at radius 1 is 1.36 bits per heavy atom. The van der Waals surface area contributed by atoms with Crippen LogP contribution in [0.3, 0.4) is 0 Å². The van der Waals surface area contributed by atoms with Gasteiger partial charge in [0.1, 0.15) is 12.1 Å². The molecular formula is C16H24N2O4. The second kappa shape index (κ2) is 8.51. The Morgan fingerprint density at radius 3 is 2.55 bits per heavy atom. The maximum atomic E-state index is 12.2. The molecule has 0 unspecified atom stereocenters. The minimum absolute atomic E-state index is 0.0973. The van der Waals surface area contributed by atoms with Crippen LogP contribution in [0, 0.1) is 5.89 Å². The van der Waals surface area contributed by atoms with Crippen LogP contribution in [-0.4, -0.2) is 40.3 Å². The zero-order chi connectivity index (χ0) is 22.6. The number of nitrogens with two attached hydrogens (primary N) is 1. The zero-order valence-electron chi connectivity index (χ0n) is 18.8. The van der Waals surface area contributed by atoms with Gasteiger partial charge in [0.05, 0.1) is 0 Å². The summed E-state index contributed by atoms with van der Waals surface area (Å²) in [7, 11) is 0. The summed E-state index contributed by atoms with van der Waals surface area (Å²) in [4.78, 5) is 23.7. The highest BCUT2D eigenvalue weighted by atomic mass is 16.4. The quantitative estimate of drug-likeness (QED) is 0.559. The SMILES string of the molecule is [2H]C([2H])([2H])C([2H])(C[C@H](NC(=O)[C@@H](O)[C@H](N)Cc1ccccc1)C(=O)O)C([2H])([2H])[2H]. The van der Waals surface area contributed by atoms with E-state index in [4.69, 9.17) is 15.3 Å². The van der Waals surface area contributed by atoms with Crippen molar-refractivity contribution in [3.63, 3.8) is 0 Å². The average Bonchev–Trinajstić information content (AvgIpc) is 2.58. The van der Waals surface area contributed by atoms with Crippen LogP contribution in [0.25, 0.3) is 0 Å². The van der Waals surface area contributed by atoms with Crippen molar-refractivity contribution in [1.29, 1.82) is 0 Å². The molecule has 5 N–H and O–H groups in total. The topological polar surface area (TPSA) is 113 Å². The normalized spacial score (nSPS) is 21.5. The zero-order valence-corrected chi connectivity index (χ0v) is 11.8. The molecule has 0 heterocycles. The predicted molar refractivity (Wildman–Crippen MR) is 83.1 cm³/mol. The maximum absolute atomic E-state index is 12.2. The molecule has 1 amide bonds. The monoisotopic (exact) mass is 315 g/mol. The molecule has 0 aliphatic heterocycles.